The quantitative estimate of drug-likeness (QED) is 0.370. The molecule has 6 heteroatoms. The van der Waals surface area contributed by atoms with E-state index >= 15 is 0 Å². The molecule has 0 atom stereocenters. The minimum absolute atomic E-state index is 0.230. The van der Waals surface area contributed by atoms with E-state index in [9.17, 15) is 9.59 Å². The Morgan fingerprint density at radius 3 is 2.59 bits per heavy atom. The fraction of sp³-hybridized carbons (Fsp3) is 0.0625. The highest BCUT2D eigenvalue weighted by molar-refractivity contribution is 14.1. The number of fused-ring (bicyclic) bond motifs is 1. The third kappa shape index (κ3) is 3.01. The number of esters is 1. The Kier molecular flexibility index (Phi) is 3.93. The number of hydrogen-bond acceptors (Lipinski definition) is 5. The van der Waals surface area contributed by atoms with Gasteiger partial charge in [0.15, 0.2) is 0 Å². The maximum Gasteiger partial charge on any atom is 0.347 e. The van der Waals surface area contributed by atoms with E-state index in [0.717, 1.165) is 3.57 Å². The predicted octanol–water partition coefficient (Wildman–Crippen LogP) is 3.38. The summed E-state index contributed by atoms with van der Waals surface area (Å²) in [6.45, 7) is 1.33. The SMILES string of the molecule is CC(=O)Oc1ccc(-c2nc3ccc(I)cc3c(=O)o2)cc1. The summed E-state index contributed by atoms with van der Waals surface area (Å²) >= 11 is 2.13. The summed E-state index contributed by atoms with van der Waals surface area (Å²) in [6, 6.07) is 12.0. The molecule has 0 saturated heterocycles. The van der Waals surface area contributed by atoms with E-state index in [2.05, 4.69) is 27.6 Å². The summed E-state index contributed by atoms with van der Waals surface area (Å²) in [4.78, 5) is 27.3. The Labute approximate surface area is 139 Å². The summed E-state index contributed by atoms with van der Waals surface area (Å²) in [5.41, 5.74) is 0.784. The standard InChI is InChI=1S/C16H10INO4/c1-9(19)21-12-5-2-10(3-6-12)15-18-14-7-4-11(17)8-13(14)16(20)22-15/h2-8H,1H3. The molecular formula is C16H10INO4. The van der Waals surface area contributed by atoms with Crippen molar-refractivity contribution in [3.63, 3.8) is 0 Å². The topological polar surface area (TPSA) is 69.4 Å². The van der Waals surface area contributed by atoms with Gasteiger partial charge in [-0.25, -0.2) is 9.78 Å². The molecule has 2 aromatic carbocycles. The van der Waals surface area contributed by atoms with Crippen molar-refractivity contribution in [2.24, 2.45) is 0 Å². The highest BCUT2D eigenvalue weighted by atomic mass is 127. The summed E-state index contributed by atoms with van der Waals surface area (Å²) in [7, 11) is 0. The van der Waals surface area contributed by atoms with Crippen LogP contribution in [0.4, 0.5) is 0 Å². The number of ether oxygens (including phenoxy) is 1. The van der Waals surface area contributed by atoms with E-state index in [1.54, 1.807) is 36.4 Å². The van der Waals surface area contributed by atoms with Crippen LogP contribution in [0.1, 0.15) is 6.92 Å². The second-order valence-electron chi connectivity index (χ2n) is 4.59. The minimum atomic E-state index is -0.428. The normalized spacial score (nSPS) is 10.6. The van der Waals surface area contributed by atoms with Crippen molar-refractivity contribution in [2.75, 3.05) is 0 Å². The average molecular weight is 407 g/mol. The maximum atomic E-state index is 12.1. The lowest BCUT2D eigenvalue weighted by Gasteiger charge is -2.04. The van der Waals surface area contributed by atoms with Crippen LogP contribution in [0.3, 0.4) is 0 Å². The average Bonchev–Trinajstić information content (AvgIpc) is 2.48. The van der Waals surface area contributed by atoms with E-state index < -0.39 is 11.6 Å². The van der Waals surface area contributed by atoms with Crippen molar-refractivity contribution in [1.29, 1.82) is 0 Å². The first kappa shape index (κ1) is 14.7. The van der Waals surface area contributed by atoms with Crippen LogP contribution in [0.2, 0.25) is 0 Å². The molecule has 110 valence electrons. The van der Waals surface area contributed by atoms with Gasteiger partial charge in [0.05, 0.1) is 10.9 Å². The largest absolute Gasteiger partial charge is 0.427 e. The van der Waals surface area contributed by atoms with Crippen LogP contribution in [0, 0.1) is 3.57 Å². The highest BCUT2D eigenvalue weighted by Gasteiger charge is 2.09. The van der Waals surface area contributed by atoms with Crippen molar-refractivity contribution in [2.45, 2.75) is 6.92 Å². The summed E-state index contributed by atoms with van der Waals surface area (Å²) in [5.74, 6) is 0.264. The molecule has 0 spiro atoms. The Morgan fingerprint density at radius 1 is 1.18 bits per heavy atom. The zero-order valence-electron chi connectivity index (χ0n) is 11.5. The van der Waals surface area contributed by atoms with Crippen LogP contribution in [0.25, 0.3) is 22.4 Å². The first-order chi connectivity index (χ1) is 10.5. The van der Waals surface area contributed by atoms with Crippen LogP contribution in [0.5, 0.6) is 5.75 Å². The van der Waals surface area contributed by atoms with Crippen LogP contribution < -0.4 is 10.4 Å². The van der Waals surface area contributed by atoms with Gasteiger partial charge >= 0.3 is 11.6 Å². The van der Waals surface area contributed by atoms with Gasteiger partial charge in [-0.05, 0) is 65.1 Å². The smallest absolute Gasteiger partial charge is 0.347 e. The molecule has 0 fully saturated rings. The van der Waals surface area contributed by atoms with Crippen molar-refractivity contribution in [3.05, 3.63) is 56.5 Å². The van der Waals surface area contributed by atoms with Gasteiger partial charge in [-0.1, -0.05) is 0 Å². The third-order valence-electron chi connectivity index (χ3n) is 2.95. The zero-order valence-corrected chi connectivity index (χ0v) is 13.7. The molecule has 3 rings (SSSR count). The fourth-order valence-corrected chi connectivity index (χ4v) is 2.49. The zero-order chi connectivity index (χ0) is 15.7. The number of benzene rings is 2. The van der Waals surface area contributed by atoms with Crippen LogP contribution in [0.15, 0.2) is 51.7 Å². The maximum absolute atomic E-state index is 12.1. The number of rotatable bonds is 2. The van der Waals surface area contributed by atoms with Gasteiger partial charge in [-0.2, -0.15) is 0 Å². The second kappa shape index (κ2) is 5.88. The molecular weight excluding hydrogens is 397 g/mol. The monoisotopic (exact) mass is 407 g/mol. The lowest BCUT2D eigenvalue weighted by molar-refractivity contribution is -0.131. The predicted molar refractivity (Wildman–Crippen MR) is 89.7 cm³/mol. The lowest BCUT2D eigenvalue weighted by Crippen LogP contribution is -2.03. The minimum Gasteiger partial charge on any atom is -0.427 e. The van der Waals surface area contributed by atoms with Crippen molar-refractivity contribution < 1.29 is 13.9 Å². The van der Waals surface area contributed by atoms with Crippen molar-refractivity contribution in [1.82, 2.24) is 4.98 Å². The van der Waals surface area contributed by atoms with E-state index in [1.807, 2.05) is 6.07 Å². The van der Waals surface area contributed by atoms with Gasteiger partial charge in [0, 0.05) is 16.1 Å². The molecule has 0 aliphatic rings. The van der Waals surface area contributed by atoms with Gasteiger partial charge in [0.2, 0.25) is 5.89 Å². The van der Waals surface area contributed by atoms with Crippen molar-refractivity contribution >= 4 is 39.5 Å². The molecule has 0 aliphatic carbocycles. The number of halogens is 1. The molecule has 5 nitrogen and oxygen atoms in total. The molecule has 22 heavy (non-hydrogen) atoms. The summed E-state index contributed by atoms with van der Waals surface area (Å²) in [6.07, 6.45) is 0. The molecule has 0 amide bonds. The van der Waals surface area contributed by atoms with Gasteiger partial charge in [0.1, 0.15) is 5.75 Å². The third-order valence-corrected chi connectivity index (χ3v) is 3.62. The summed E-state index contributed by atoms with van der Waals surface area (Å²) in [5, 5.41) is 0.451. The number of nitrogens with zero attached hydrogens (tertiary/aromatic N) is 1. The Hall–Kier alpha value is -2.22. The Balaban J connectivity index is 2.05. The molecule has 3 aromatic rings. The van der Waals surface area contributed by atoms with Gasteiger partial charge in [0.25, 0.3) is 0 Å². The molecule has 0 unspecified atom stereocenters. The molecule has 0 N–H and O–H groups in total. The van der Waals surface area contributed by atoms with Gasteiger partial charge in [-0.15, -0.1) is 0 Å². The number of aromatic nitrogens is 1. The molecule has 0 bridgehead atoms. The number of carbonyl (C=O) groups is 1. The van der Waals surface area contributed by atoms with Gasteiger partial charge < -0.3 is 9.15 Å². The fourth-order valence-electron chi connectivity index (χ4n) is 2.00. The Morgan fingerprint density at radius 2 is 1.91 bits per heavy atom. The van der Waals surface area contributed by atoms with Crippen LogP contribution in [-0.2, 0) is 4.79 Å². The van der Waals surface area contributed by atoms with E-state index in [-0.39, 0.29) is 5.89 Å². The molecule has 0 saturated carbocycles. The lowest BCUT2D eigenvalue weighted by atomic mass is 10.2. The van der Waals surface area contributed by atoms with Crippen molar-refractivity contribution in [3.8, 4) is 17.2 Å². The van der Waals surface area contributed by atoms with E-state index in [1.165, 1.54) is 6.92 Å². The summed E-state index contributed by atoms with van der Waals surface area (Å²) < 4.78 is 11.2. The second-order valence-corrected chi connectivity index (χ2v) is 5.83. The van der Waals surface area contributed by atoms with Crippen LogP contribution >= 0.6 is 22.6 Å². The Bertz CT molecular complexity index is 916. The first-order valence-electron chi connectivity index (χ1n) is 6.42. The van der Waals surface area contributed by atoms with Crippen LogP contribution in [-0.4, -0.2) is 11.0 Å². The first-order valence-corrected chi connectivity index (χ1v) is 7.50. The number of carbonyl (C=O) groups excluding carboxylic acids is 1. The highest BCUT2D eigenvalue weighted by Crippen LogP contribution is 2.22. The van der Waals surface area contributed by atoms with Gasteiger partial charge in [-0.3, -0.25) is 4.79 Å². The molecule has 1 aromatic heterocycles. The molecule has 0 aliphatic heterocycles. The van der Waals surface area contributed by atoms with E-state index in [4.69, 9.17) is 9.15 Å². The molecule has 0 radical (unpaired) electrons. The van der Waals surface area contributed by atoms with E-state index in [0.29, 0.717) is 22.2 Å². The number of hydrogen-bond donors (Lipinski definition) is 0. The molecule has 1 heterocycles.